The van der Waals surface area contributed by atoms with E-state index in [1.165, 1.54) is 57.4 Å². The van der Waals surface area contributed by atoms with Gasteiger partial charge in [-0.05, 0) is 86.5 Å². The van der Waals surface area contributed by atoms with Crippen molar-refractivity contribution in [1.29, 1.82) is 0 Å². The zero-order chi connectivity index (χ0) is 49.5. The van der Waals surface area contributed by atoms with Crippen LogP contribution in [0.1, 0.15) is 156 Å². The number of nitrogens with zero attached hydrogens (tertiary/aromatic N) is 4. The normalized spacial score (nSPS) is 12.0. The molecule has 1 saturated heterocycles. The number of allylic oxidation sites excluding steroid dienone is 4. The van der Waals surface area contributed by atoms with Crippen molar-refractivity contribution >= 4 is 44.4 Å². The van der Waals surface area contributed by atoms with Crippen LogP contribution in [-0.2, 0) is 56.6 Å². The molecule has 0 N–H and O–H groups in total. The molecule has 0 spiro atoms. The Labute approximate surface area is 457 Å². The molecule has 9 rings (SSSR count). The molecule has 8 bridgehead atoms. The van der Waals surface area contributed by atoms with Gasteiger partial charge in [-0.3, -0.25) is 17.8 Å². The predicted octanol–water partition coefficient (Wildman–Crippen LogP) is 12.0. The minimum absolute atomic E-state index is 0. The van der Waals surface area contributed by atoms with Crippen LogP contribution in [0.15, 0.2) is 115 Å². The van der Waals surface area contributed by atoms with Gasteiger partial charge in [-0.2, -0.15) is 0 Å². The van der Waals surface area contributed by atoms with E-state index in [0.717, 1.165) is 126 Å². The number of rotatable bonds is 8. The number of ether oxygens (including phenoxy) is 1. The van der Waals surface area contributed by atoms with E-state index in [2.05, 4.69) is 97.4 Å². The molecule has 3 aliphatic heterocycles. The molecule has 0 saturated carbocycles. The Kier molecular flexibility index (Phi) is 26.6. The second-order valence-corrected chi connectivity index (χ2v) is 16.6. The van der Waals surface area contributed by atoms with Crippen molar-refractivity contribution in [3.8, 4) is 17.8 Å². The Morgan fingerprint density at radius 1 is 0.408 bits per heavy atom. The van der Waals surface area contributed by atoms with Crippen LogP contribution in [0.4, 0.5) is 0 Å². The van der Waals surface area contributed by atoms with E-state index in [-0.39, 0.29) is 45.1 Å². The number of hydrogen-bond acceptors (Lipinski definition) is 3. The molecule has 6 aromatic rings. The van der Waals surface area contributed by atoms with Crippen LogP contribution in [0.3, 0.4) is 0 Å². The van der Waals surface area contributed by atoms with Crippen molar-refractivity contribution in [1.82, 2.24) is 19.9 Å². The third kappa shape index (κ3) is 15.9. The van der Waals surface area contributed by atoms with Gasteiger partial charge in [-0.15, -0.1) is 75.2 Å². The van der Waals surface area contributed by atoms with E-state index in [9.17, 15) is 0 Å². The second-order valence-electron chi connectivity index (χ2n) is 16.6. The summed E-state index contributed by atoms with van der Waals surface area (Å²) in [5.41, 5.74) is 21.6. The van der Waals surface area contributed by atoms with Gasteiger partial charge < -0.3 is 34.0 Å². The Bertz CT molecular complexity index is 2610. The maximum absolute atomic E-state index is 6.69. The molecular weight excluding hydrogens is 939 g/mol. The smallest absolute Gasteiger partial charge is 0.657 e. The first kappa shape index (κ1) is 59.7. The first-order chi connectivity index (χ1) is 33.8. The molecule has 6 heterocycles. The molecule has 0 unspecified atom stereocenters. The molecule has 0 atom stereocenters. The van der Waals surface area contributed by atoms with Gasteiger partial charge in [0.05, 0.1) is 22.8 Å². The maximum atomic E-state index is 6.69. The van der Waals surface area contributed by atoms with E-state index >= 15 is 0 Å². The molecule has 3 aromatic carbocycles. The zero-order valence-corrected chi connectivity index (χ0v) is 46.1. The van der Waals surface area contributed by atoms with Gasteiger partial charge in [0.25, 0.3) is 0 Å². The predicted molar refractivity (Wildman–Crippen MR) is 289 cm³/mol. The molecular formula is C64H67LiN4OZr. The van der Waals surface area contributed by atoms with Crippen LogP contribution in [0.5, 0.6) is 0 Å². The summed E-state index contributed by atoms with van der Waals surface area (Å²) < 4.78 is 4.94. The Hall–Kier alpha value is -5.62. The van der Waals surface area contributed by atoms with E-state index < -0.39 is 0 Å². The molecule has 354 valence electrons. The number of aryl methyl sites for hydroxylation is 4. The van der Waals surface area contributed by atoms with Gasteiger partial charge in [-0.1, -0.05) is 157 Å². The number of fused-ring (bicyclic) bond motifs is 8. The largest absolute Gasteiger partial charge is 4.00 e. The summed E-state index contributed by atoms with van der Waals surface area (Å²) in [5, 5.41) is 0. The number of benzene rings is 3. The quantitative estimate of drug-likeness (QED) is 0.0864. The molecule has 0 aliphatic carbocycles. The zero-order valence-electron chi connectivity index (χ0n) is 43.7. The molecule has 71 heavy (non-hydrogen) atoms. The van der Waals surface area contributed by atoms with Crippen molar-refractivity contribution in [3.05, 3.63) is 196 Å². The summed E-state index contributed by atoms with van der Waals surface area (Å²) in [6.45, 7) is 19.9. The summed E-state index contributed by atoms with van der Waals surface area (Å²) >= 11 is 0. The van der Waals surface area contributed by atoms with Gasteiger partial charge in [0, 0.05) is 13.2 Å². The van der Waals surface area contributed by atoms with E-state index in [1.807, 2.05) is 91.0 Å². The monoisotopic (exact) mass is 1000 g/mol. The fraction of sp³-hybridized carbons (Fsp3) is 0.312. The second kappa shape index (κ2) is 31.7. The maximum Gasteiger partial charge on any atom is 4.00 e. The summed E-state index contributed by atoms with van der Waals surface area (Å²) in [5.74, 6) is 6.83. The molecule has 0 amide bonds. The fourth-order valence-electron chi connectivity index (χ4n) is 9.00. The van der Waals surface area contributed by atoms with Crippen LogP contribution < -0.4 is 28.8 Å². The van der Waals surface area contributed by atoms with Crippen LogP contribution in [0, 0.1) is 37.0 Å². The molecule has 7 heteroatoms. The molecule has 5 nitrogen and oxygen atoms in total. The number of aromatic nitrogens is 4. The topological polar surface area (TPSA) is 63.2 Å². The van der Waals surface area contributed by atoms with Crippen molar-refractivity contribution < 1.29 is 49.8 Å². The molecule has 3 aromatic heterocycles. The van der Waals surface area contributed by atoms with Crippen molar-refractivity contribution in [3.63, 3.8) is 0 Å². The fourth-order valence-corrected chi connectivity index (χ4v) is 9.00. The number of hydrogen-bond donors (Lipinski definition) is 0. The Morgan fingerprint density at radius 2 is 0.648 bits per heavy atom. The standard InChI is InChI=1S/C36H44N4.3C8H5.C4H8O.Li.Zr/c1-9-21-22(10-2)30-18-32-25(13-5)26(14-6)34(39-32)20-36-28(16-8)27(15-7)35(40-36)19-33-24(12-4)23(11-3)31(38-33)17-29(21)37-30;3*1-2-8-6-4-3-5-7-8;1-2-4-5-3-1;;/h17-20H,9-16H2,1-8H3;3*3-7H;1-4H2;;/q-2;3*-1;;+1;+4. The van der Waals surface area contributed by atoms with Crippen molar-refractivity contribution in [2.45, 2.75) is 120 Å². The van der Waals surface area contributed by atoms with Crippen LogP contribution in [-0.4, -0.2) is 23.2 Å². The molecule has 1 fully saturated rings. The van der Waals surface area contributed by atoms with Crippen LogP contribution in [0.2, 0.25) is 0 Å². The Balaban J connectivity index is 0.000000342. The van der Waals surface area contributed by atoms with E-state index in [0.29, 0.717) is 0 Å². The molecule has 3 aliphatic rings. The third-order valence-electron chi connectivity index (χ3n) is 12.4. The summed E-state index contributed by atoms with van der Waals surface area (Å²) in [6.07, 6.45) is 30.2. The third-order valence-corrected chi connectivity index (χ3v) is 12.4. The van der Waals surface area contributed by atoms with Gasteiger partial charge in [0.1, 0.15) is 0 Å². The van der Waals surface area contributed by atoms with Crippen LogP contribution in [0.25, 0.3) is 44.4 Å². The van der Waals surface area contributed by atoms with Crippen molar-refractivity contribution in [2.24, 2.45) is 0 Å². The SMILES string of the molecule is C1CCOC1.CCC1=C(CC)c2cc3[n-]c(cc4nc(cc5[n-]c(cc1n2)c(CC)c5CC)C(CC)=C4CC)c(CC)c3CC.[C-]#Cc1ccccc1.[C-]#Cc1ccccc1.[C-]#Cc1ccccc1.[Li+].[Zr+4]. The summed E-state index contributed by atoms with van der Waals surface area (Å²) in [7, 11) is 0. The van der Waals surface area contributed by atoms with Gasteiger partial charge in [0.2, 0.25) is 0 Å². The summed E-state index contributed by atoms with van der Waals surface area (Å²) in [6, 6.07) is 37.1. The van der Waals surface area contributed by atoms with E-state index in [4.69, 9.17) is 43.9 Å². The van der Waals surface area contributed by atoms with E-state index in [1.54, 1.807) is 0 Å². The summed E-state index contributed by atoms with van der Waals surface area (Å²) in [4.78, 5) is 21.0. The van der Waals surface area contributed by atoms with Crippen LogP contribution >= 0.6 is 0 Å². The molecule has 0 radical (unpaired) electrons. The van der Waals surface area contributed by atoms with Gasteiger partial charge in [0.15, 0.2) is 0 Å². The first-order valence-electron chi connectivity index (χ1n) is 24.9. The minimum atomic E-state index is 0. The van der Waals surface area contributed by atoms with Crippen molar-refractivity contribution in [2.75, 3.05) is 13.2 Å². The average molecular weight is 1010 g/mol. The first-order valence-corrected chi connectivity index (χ1v) is 24.9. The Morgan fingerprint density at radius 3 is 0.803 bits per heavy atom. The van der Waals surface area contributed by atoms with Gasteiger partial charge >= 0.3 is 45.1 Å². The van der Waals surface area contributed by atoms with Gasteiger partial charge in [-0.25, -0.2) is 9.97 Å². The average Bonchev–Trinajstić information content (AvgIpc) is 4.26. The minimum Gasteiger partial charge on any atom is -0.657 e.